The number of benzene rings is 6. The van der Waals surface area contributed by atoms with Crippen LogP contribution >= 0.6 is 0 Å². The first kappa shape index (κ1) is 26.4. The second kappa shape index (κ2) is 10.3. The minimum atomic E-state index is 0.907. The minimum Gasteiger partial charge on any atom is -0.456 e. The fourth-order valence-corrected chi connectivity index (χ4v) is 7.17. The first-order chi connectivity index (χ1) is 22.7. The summed E-state index contributed by atoms with van der Waals surface area (Å²) in [7, 11) is 0. The van der Waals surface area contributed by atoms with Gasteiger partial charge in [0.05, 0.1) is 16.6 Å². The summed E-state index contributed by atoms with van der Waals surface area (Å²) in [6.45, 7) is 6.04. The van der Waals surface area contributed by atoms with E-state index in [1.165, 1.54) is 49.6 Å². The molecule has 3 aromatic heterocycles. The van der Waals surface area contributed by atoms with Crippen LogP contribution < -0.4 is 0 Å². The Kier molecular flexibility index (Phi) is 5.87. The molecule has 9 aromatic rings. The van der Waals surface area contributed by atoms with Crippen LogP contribution in [0.25, 0.3) is 83.2 Å². The molecule has 0 aliphatic heterocycles. The highest BCUT2D eigenvalue weighted by Gasteiger charge is 2.17. The Morgan fingerprint density at radius 1 is 0.522 bits per heavy atom. The van der Waals surface area contributed by atoms with Crippen molar-refractivity contribution in [3.63, 3.8) is 0 Å². The van der Waals surface area contributed by atoms with E-state index in [2.05, 4.69) is 150 Å². The van der Waals surface area contributed by atoms with Crippen molar-refractivity contribution in [3.8, 4) is 22.5 Å². The van der Waals surface area contributed by atoms with Gasteiger partial charge in [0.2, 0.25) is 0 Å². The summed E-state index contributed by atoms with van der Waals surface area (Å²) in [5.74, 6) is 0. The van der Waals surface area contributed by atoms with E-state index in [-0.39, 0.29) is 0 Å². The number of fused-ring (bicyclic) bond motifs is 7. The molecule has 0 N–H and O–H groups in total. The second-order valence-electron chi connectivity index (χ2n) is 11.9. The van der Waals surface area contributed by atoms with Crippen LogP contribution in [0.5, 0.6) is 0 Å². The van der Waals surface area contributed by atoms with E-state index in [1.807, 2.05) is 24.3 Å². The first-order valence-electron chi connectivity index (χ1n) is 15.6. The highest BCUT2D eigenvalue weighted by atomic mass is 16.3. The highest BCUT2D eigenvalue weighted by Crippen LogP contribution is 2.38. The topological polar surface area (TPSA) is 23.0 Å². The van der Waals surface area contributed by atoms with Gasteiger partial charge < -0.3 is 13.6 Å². The van der Waals surface area contributed by atoms with E-state index >= 15 is 0 Å². The van der Waals surface area contributed by atoms with Crippen LogP contribution in [0.1, 0.15) is 11.3 Å². The zero-order valence-corrected chi connectivity index (χ0v) is 25.4. The Balaban J connectivity index is 1.12. The summed E-state index contributed by atoms with van der Waals surface area (Å²) in [6, 6.07) is 47.8. The molecule has 3 heterocycles. The van der Waals surface area contributed by atoms with Crippen LogP contribution in [0.4, 0.5) is 0 Å². The summed E-state index contributed by atoms with van der Waals surface area (Å²) in [4.78, 5) is 0. The van der Waals surface area contributed by atoms with Crippen molar-refractivity contribution in [1.29, 1.82) is 0 Å². The molecule has 3 nitrogen and oxygen atoms in total. The third-order valence-corrected chi connectivity index (χ3v) is 9.31. The van der Waals surface area contributed by atoms with Gasteiger partial charge in [-0.3, -0.25) is 0 Å². The van der Waals surface area contributed by atoms with E-state index in [0.717, 1.165) is 38.8 Å². The number of allylic oxidation sites excluding steroid dienone is 2. The van der Waals surface area contributed by atoms with E-state index in [4.69, 9.17) is 4.42 Å². The van der Waals surface area contributed by atoms with Gasteiger partial charge in [-0.1, -0.05) is 104 Å². The second-order valence-corrected chi connectivity index (χ2v) is 11.9. The van der Waals surface area contributed by atoms with Crippen molar-refractivity contribution in [2.45, 2.75) is 6.92 Å². The SMILES string of the molecule is C=C/C=C\c1c(C)n(-c2ccc(-c3ccc(-n4c5ccccc5c5cc6c(cc54)oc4ccccc46)cc3)cc2)c2ccccc12. The third kappa shape index (κ3) is 3.92. The van der Waals surface area contributed by atoms with Gasteiger partial charge in [-0.25, -0.2) is 0 Å². The molecule has 0 atom stereocenters. The van der Waals surface area contributed by atoms with E-state index in [0.29, 0.717) is 0 Å². The average Bonchev–Trinajstić information content (AvgIpc) is 3.73. The lowest BCUT2D eigenvalue weighted by atomic mass is 10.0. The van der Waals surface area contributed by atoms with Crippen LogP contribution in [0, 0.1) is 6.92 Å². The molecule has 6 aromatic carbocycles. The molecule has 9 rings (SSSR count). The van der Waals surface area contributed by atoms with Crippen LogP contribution in [0.2, 0.25) is 0 Å². The molecule has 0 saturated heterocycles. The van der Waals surface area contributed by atoms with Gasteiger partial charge in [0.15, 0.2) is 0 Å². The molecule has 0 amide bonds. The molecule has 0 unspecified atom stereocenters. The number of para-hydroxylation sites is 3. The quantitative estimate of drug-likeness (QED) is 0.183. The summed E-state index contributed by atoms with van der Waals surface area (Å²) >= 11 is 0. The molecular formula is C43H30N2O. The van der Waals surface area contributed by atoms with Gasteiger partial charge in [-0.2, -0.15) is 0 Å². The lowest BCUT2D eigenvalue weighted by molar-refractivity contribution is 0.669. The summed E-state index contributed by atoms with van der Waals surface area (Å²) in [5.41, 5.74) is 12.4. The lowest BCUT2D eigenvalue weighted by Gasteiger charge is -2.11. The molecule has 0 aliphatic carbocycles. The number of furan rings is 1. The maximum atomic E-state index is 6.29. The Morgan fingerprint density at radius 3 is 1.80 bits per heavy atom. The summed E-state index contributed by atoms with van der Waals surface area (Å²) < 4.78 is 11.0. The summed E-state index contributed by atoms with van der Waals surface area (Å²) in [6.07, 6.45) is 5.98. The van der Waals surface area contributed by atoms with Crippen LogP contribution in [-0.4, -0.2) is 9.13 Å². The van der Waals surface area contributed by atoms with Crippen LogP contribution in [-0.2, 0) is 0 Å². The predicted octanol–water partition coefficient (Wildman–Crippen LogP) is 11.8. The van der Waals surface area contributed by atoms with Gasteiger partial charge in [0.1, 0.15) is 11.2 Å². The highest BCUT2D eigenvalue weighted by molar-refractivity contribution is 6.17. The molecule has 0 bridgehead atoms. The molecule has 0 radical (unpaired) electrons. The third-order valence-electron chi connectivity index (χ3n) is 9.31. The maximum absolute atomic E-state index is 6.29. The smallest absolute Gasteiger partial charge is 0.137 e. The normalized spacial score (nSPS) is 12.0. The molecule has 0 fully saturated rings. The number of nitrogens with zero attached hydrogens (tertiary/aromatic N) is 2. The molecule has 0 aliphatic rings. The number of rotatable bonds is 5. The monoisotopic (exact) mass is 590 g/mol. The number of hydrogen-bond donors (Lipinski definition) is 0. The lowest BCUT2D eigenvalue weighted by Crippen LogP contribution is -1.97. The van der Waals surface area contributed by atoms with Crippen molar-refractivity contribution in [2.24, 2.45) is 0 Å². The van der Waals surface area contributed by atoms with E-state index in [1.54, 1.807) is 0 Å². The standard InChI is InChI=1S/C43H30N2O/c1-3-4-11-33-28(2)44(39-15-8-5-12-34(33)39)31-22-18-29(19-23-31)30-20-24-32(25-21-30)45-40-16-9-6-13-35(40)37-26-38-36-14-7-10-17-42(36)46-43(38)27-41(37)45/h3-27H,1H2,2H3/b11-4-. The molecular weight excluding hydrogens is 560 g/mol. The maximum Gasteiger partial charge on any atom is 0.137 e. The predicted molar refractivity (Wildman–Crippen MR) is 194 cm³/mol. The van der Waals surface area contributed by atoms with Crippen molar-refractivity contribution in [2.75, 3.05) is 0 Å². The average molecular weight is 591 g/mol. The van der Waals surface area contributed by atoms with Gasteiger partial charge in [0, 0.05) is 55.6 Å². The Hall–Kier alpha value is -6.06. The fourth-order valence-electron chi connectivity index (χ4n) is 7.17. The van der Waals surface area contributed by atoms with Crippen molar-refractivity contribution in [1.82, 2.24) is 9.13 Å². The molecule has 46 heavy (non-hydrogen) atoms. The Morgan fingerprint density at radius 2 is 1.11 bits per heavy atom. The number of aromatic nitrogens is 2. The van der Waals surface area contributed by atoms with Crippen LogP contribution in [0.15, 0.2) is 157 Å². The van der Waals surface area contributed by atoms with Gasteiger partial charge in [-0.15, -0.1) is 0 Å². The Labute approximate surface area is 266 Å². The number of hydrogen-bond acceptors (Lipinski definition) is 1. The fraction of sp³-hybridized carbons (Fsp3) is 0.0233. The van der Waals surface area contributed by atoms with Gasteiger partial charge in [0.25, 0.3) is 0 Å². The zero-order chi connectivity index (χ0) is 30.8. The Bertz CT molecular complexity index is 2640. The zero-order valence-electron chi connectivity index (χ0n) is 25.4. The largest absolute Gasteiger partial charge is 0.456 e. The van der Waals surface area contributed by atoms with Crippen molar-refractivity contribution >= 4 is 60.7 Å². The minimum absolute atomic E-state index is 0.907. The summed E-state index contributed by atoms with van der Waals surface area (Å²) in [5, 5.41) is 6.00. The first-order valence-corrected chi connectivity index (χ1v) is 15.6. The molecule has 0 saturated carbocycles. The van der Waals surface area contributed by atoms with Crippen molar-refractivity contribution < 1.29 is 4.42 Å². The van der Waals surface area contributed by atoms with E-state index in [9.17, 15) is 0 Å². The molecule has 0 spiro atoms. The van der Waals surface area contributed by atoms with Crippen molar-refractivity contribution in [3.05, 3.63) is 163 Å². The molecule has 218 valence electrons. The molecule has 3 heteroatoms. The van der Waals surface area contributed by atoms with Gasteiger partial charge in [-0.05, 0) is 66.6 Å². The van der Waals surface area contributed by atoms with Crippen LogP contribution in [0.3, 0.4) is 0 Å². The van der Waals surface area contributed by atoms with E-state index < -0.39 is 0 Å². The van der Waals surface area contributed by atoms with Gasteiger partial charge >= 0.3 is 0 Å².